The molecule has 2 atom stereocenters. The summed E-state index contributed by atoms with van der Waals surface area (Å²) in [5, 5.41) is 3.17. The molecule has 1 heterocycles. The molecule has 3 heteroatoms. The van der Waals surface area contributed by atoms with Crippen LogP contribution in [-0.2, 0) is 9.53 Å². The van der Waals surface area contributed by atoms with Gasteiger partial charge in [0.25, 0.3) is 0 Å². The van der Waals surface area contributed by atoms with Crippen molar-refractivity contribution < 1.29 is 9.53 Å². The number of hydrogen-bond acceptors (Lipinski definition) is 2. The molecule has 1 aliphatic carbocycles. The molecule has 0 bridgehead atoms. The maximum atomic E-state index is 12.1. The fourth-order valence-corrected chi connectivity index (χ4v) is 2.94. The summed E-state index contributed by atoms with van der Waals surface area (Å²) in [5.74, 6) is 0.235. The fraction of sp³-hybridized carbons (Fsp3) is 0.471. The maximum absolute atomic E-state index is 12.1. The van der Waals surface area contributed by atoms with Gasteiger partial charge < -0.3 is 10.1 Å². The minimum Gasteiger partial charge on any atom is -0.381 e. The van der Waals surface area contributed by atoms with Crippen LogP contribution in [0.2, 0.25) is 0 Å². The van der Waals surface area contributed by atoms with Crippen molar-refractivity contribution >= 4 is 11.5 Å². The van der Waals surface area contributed by atoms with Crippen LogP contribution in [0, 0.1) is 5.92 Å². The molecule has 0 spiro atoms. The molecular formula is C17H21NO2. The predicted molar refractivity (Wildman–Crippen MR) is 79.1 cm³/mol. The van der Waals surface area contributed by atoms with Crippen LogP contribution in [0.4, 0.5) is 0 Å². The lowest BCUT2D eigenvalue weighted by atomic mass is 9.90. The molecule has 106 valence electrons. The first kappa shape index (κ1) is 13.4. The van der Waals surface area contributed by atoms with E-state index in [9.17, 15) is 4.79 Å². The molecule has 1 aromatic carbocycles. The number of nitrogens with one attached hydrogen (secondary N) is 1. The van der Waals surface area contributed by atoms with Gasteiger partial charge in [0.2, 0.25) is 5.91 Å². The lowest BCUT2D eigenvalue weighted by molar-refractivity contribution is -0.125. The van der Waals surface area contributed by atoms with Crippen molar-refractivity contribution in [1.29, 1.82) is 0 Å². The zero-order valence-corrected chi connectivity index (χ0v) is 11.7. The highest BCUT2D eigenvalue weighted by atomic mass is 16.5. The summed E-state index contributed by atoms with van der Waals surface area (Å²) < 4.78 is 5.27. The molecule has 0 radical (unpaired) electrons. The quantitative estimate of drug-likeness (QED) is 0.918. The van der Waals surface area contributed by atoms with Crippen LogP contribution >= 0.6 is 0 Å². The van der Waals surface area contributed by atoms with E-state index in [0.29, 0.717) is 6.61 Å². The van der Waals surface area contributed by atoms with E-state index in [1.807, 2.05) is 6.07 Å². The lowest BCUT2D eigenvalue weighted by Crippen LogP contribution is -2.39. The number of benzene rings is 1. The normalized spacial score (nSPS) is 26.1. The monoisotopic (exact) mass is 271 g/mol. The summed E-state index contributed by atoms with van der Waals surface area (Å²) in [4.78, 5) is 12.1. The Balaban J connectivity index is 1.55. The number of carbonyl (C=O) groups excluding carboxylic acids is 1. The Hall–Kier alpha value is -1.61. The second-order valence-electron chi connectivity index (χ2n) is 5.64. The first-order valence-electron chi connectivity index (χ1n) is 7.45. The minimum absolute atomic E-state index is 0.0644. The third kappa shape index (κ3) is 3.10. The van der Waals surface area contributed by atoms with Crippen LogP contribution in [0.5, 0.6) is 0 Å². The van der Waals surface area contributed by atoms with Gasteiger partial charge in [-0.15, -0.1) is 0 Å². The van der Waals surface area contributed by atoms with Crippen molar-refractivity contribution in [2.75, 3.05) is 13.2 Å². The van der Waals surface area contributed by atoms with Crippen LogP contribution in [0.3, 0.4) is 0 Å². The number of amides is 1. The average Bonchev–Trinajstić information content (AvgIpc) is 3.03. The summed E-state index contributed by atoms with van der Waals surface area (Å²) in [6.45, 7) is 1.31. The Morgan fingerprint density at radius 1 is 1.20 bits per heavy atom. The Morgan fingerprint density at radius 3 is 2.70 bits per heavy atom. The Kier molecular flexibility index (Phi) is 4.16. The van der Waals surface area contributed by atoms with E-state index < -0.39 is 0 Å². The maximum Gasteiger partial charge on any atom is 0.225 e. The molecule has 3 nitrogen and oxygen atoms in total. The molecule has 1 aromatic rings. The fourth-order valence-electron chi connectivity index (χ4n) is 2.94. The SMILES string of the molecule is O=C(NC1CC=C(c2ccccc2)CC1)[C@@H]1CCOC1. The second-order valence-corrected chi connectivity index (χ2v) is 5.64. The molecule has 2 aliphatic rings. The highest BCUT2D eigenvalue weighted by Gasteiger charge is 2.26. The number of hydrogen-bond donors (Lipinski definition) is 1. The molecule has 1 N–H and O–H groups in total. The summed E-state index contributed by atoms with van der Waals surface area (Å²) in [6.07, 6.45) is 6.14. The average molecular weight is 271 g/mol. The molecule has 1 saturated heterocycles. The van der Waals surface area contributed by atoms with Crippen LogP contribution in [-0.4, -0.2) is 25.2 Å². The molecule has 1 fully saturated rings. The number of carbonyl (C=O) groups is 1. The highest BCUT2D eigenvalue weighted by Crippen LogP contribution is 2.27. The van der Waals surface area contributed by atoms with Gasteiger partial charge in [-0.3, -0.25) is 4.79 Å². The highest BCUT2D eigenvalue weighted by molar-refractivity contribution is 5.79. The second kappa shape index (κ2) is 6.23. The van der Waals surface area contributed by atoms with Gasteiger partial charge in [-0.1, -0.05) is 36.4 Å². The molecule has 20 heavy (non-hydrogen) atoms. The van der Waals surface area contributed by atoms with Gasteiger partial charge in [-0.25, -0.2) is 0 Å². The van der Waals surface area contributed by atoms with Gasteiger partial charge in [-0.2, -0.15) is 0 Å². The van der Waals surface area contributed by atoms with Gasteiger partial charge >= 0.3 is 0 Å². The van der Waals surface area contributed by atoms with Gasteiger partial charge in [-0.05, 0) is 36.8 Å². The standard InChI is InChI=1S/C17H21NO2/c19-17(15-10-11-20-12-15)18-16-8-6-14(7-9-16)13-4-2-1-3-5-13/h1-6,15-16H,7-12H2,(H,18,19)/t15-,16?/m1/s1. The first-order chi connectivity index (χ1) is 9.83. The number of ether oxygens (including phenoxy) is 1. The summed E-state index contributed by atoms with van der Waals surface area (Å²) in [7, 11) is 0. The molecule has 0 saturated carbocycles. The number of allylic oxidation sites excluding steroid dienone is 1. The van der Waals surface area contributed by atoms with E-state index in [4.69, 9.17) is 4.74 Å². The Morgan fingerprint density at radius 2 is 2.05 bits per heavy atom. The third-order valence-corrected chi connectivity index (χ3v) is 4.20. The molecular weight excluding hydrogens is 250 g/mol. The Bertz CT molecular complexity index is 489. The summed E-state index contributed by atoms with van der Waals surface area (Å²) in [6, 6.07) is 10.8. The van der Waals surface area contributed by atoms with Crippen molar-refractivity contribution in [2.24, 2.45) is 5.92 Å². The van der Waals surface area contributed by atoms with E-state index >= 15 is 0 Å². The number of rotatable bonds is 3. The largest absolute Gasteiger partial charge is 0.381 e. The van der Waals surface area contributed by atoms with Gasteiger partial charge in [0.15, 0.2) is 0 Å². The third-order valence-electron chi connectivity index (χ3n) is 4.20. The van der Waals surface area contributed by atoms with E-state index in [1.54, 1.807) is 0 Å². The molecule has 1 unspecified atom stereocenters. The zero-order valence-electron chi connectivity index (χ0n) is 11.7. The van der Waals surface area contributed by atoms with Gasteiger partial charge in [0, 0.05) is 12.6 Å². The van der Waals surface area contributed by atoms with Crippen LogP contribution in [0.15, 0.2) is 36.4 Å². The van der Waals surface area contributed by atoms with E-state index in [0.717, 1.165) is 32.3 Å². The topological polar surface area (TPSA) is 38.3 Å². The smallest absolute Gasteiger partial charge is 0.225 e. The van der Waals surface area contributed by atoms with Crippen LogP contribution < -0.4 is 5.32 Å². The van der Waals surface area contributed by atoms with Crippen molar-refractivity contribution in [2.45, 2.75) is 31.7 Å². The van der Waals surface area contributed by atoms with Crippen LogP contribution in [0.25, 0.3) is 5.57 Å². The summed E-state index contributed by atoms with van der Waals surface area (Å²) in [5.41, 5.74) is 2.71. The van der Waals surface area contributed by atoms with E-state index in [2.05, 4.69) is 35.7 Å². The van der Waals surface area contributed by atoms with Gasteiger partial charge in [0.05, 0.1) is 12.5 Å². The molecule has 3 rings (SSSR count). The molecule has 0 aromatic heterocycles. The lowest BCUT2D eigenvalue weighted by Gasteiger charge is -2.24. The molecule has 1 amide bonds. The van der Waals surface area contributed by atoms with Gasteiger partial charge in [0.1, 0.15) is 0 Å². The van der Waals surface area contributed by atoms with Crippen LogP contribution in [0.1, 0.15) is 31.2 Å². The predicted octanol–water partition coefficient (Wildman–Crippen LogP) is 2.78. The van der Waals surface area contributed by atoms with E-state index in [1.165, 1.54) is 11.1 Å². The summed E-state index contributed by atoms with van der Waals surface area (Å²) >= 11 is 0. The minimum atomic E-state index is 0.0644. The Labute approximate surface area is 120 Å². The molecule has 1 aliphatic heterocycles. The van der Waals surface area contributed by atoms with Crippen molar-refractivity contribution in [3.8, 4) is 0 Å². The van der Waals surface area contributed by atoms with Crippen molar-refractivity contribution in [1.82, 2.24) is 5.32 Å². The first-order valence-corrected chi connectivity index (χ1v) is 7.45. The van der Waals surface area contributed by atoms with Crippen molar-refractivity contribution in [3.05, 3.63) is 42.0 Å². The van der Waals surface area contributed by atoms with Crippen molar-refractivity contribution in [3.63, 3.8) is 0 Å². The van der Waals surface area contributed by atoms with E-state index in [-0.39, 0.29) is 17.9 Å². The zero-order chi connectivity index (χ0) is 13.8.